The predicted molar refractivity (Wildman–Crippen MR) is 68.5 cm³/mol. The van der Waals surface area contributed by atoms with Gasteiger partial charge in [0.15, 0.2) is 0 Å². The van der Waals surface area contributed by atoms with Gasteiger partial charge in [0.1, 0.15) is 11.7 Å². The number of rotatable bonds is 0. The van der Waals surface area contributed by atoms with Gasteiger partial charge in [0.05, 0.1) is 0 Å². The lowest BCUT2D eigenvalue weighted by Gasteiger charge is -2.40. The molecule has 0 aromatic rings. The Morgan fingerprint density at radius 1 is 1.42 bits per heavy atom. The average molecular weight is 270 g/mol. The third-order valence-corrected chi connectivity index (χ3v) is 3.85. The third kappa shape index (κ3) is 2.83. The van der Waals surface area contributed by atoms with Gasteiger partial charge in [-0.3, -0.25) is 4.79 Å². The largest absolute Gasteiger partial charge is 0.444 e. The molecule has 2 amide bonds. The highest BCUT2D eigenvalue weighted by Crippen LogP contribution is 2.38. The molecule has 0 aliphatic carbocycles. The Morgan fingerprint density at radius 3 is 2.42 bits per heavy atom. The standard InChI is InChI=1S/C13H22N2O4/c1-12(2,3)19-11(18)15-6-4-13(5-7-15)8-14-10(17)9(13)16/h9,16H,4-8H2,1-3H3,(H,14,17). The number of aliphatic hydroxyl groups excluding tert-OH is 1. The van der Waals surface area contributed by atoms with E-state index in [4.69, 9.17) is 4.74 Å². The molecule has 0 bridgehead atoms. The van der Waals surface area contributed by atoms with Gasteiger partial charge in [-0.15, -0.1) is 0 Å². The van der Waals surface area contributed by atoms with Crippen LogP contribution in [0.1, 0.15) is 33.6 Å². The molecule has 2 N–H and O–H groups in total. The summed E-state index contributed by atoms with van der Waals surface area (Å²) < 4.78 is 5.32. The minimum absolute atomic E-state index is 0.300. The highest BCUT2D eigenvalue weighted by atomic mass is 16.6. The third-order valence-electron chi connectivity index (χ3n) is 3.85. The minimum Gasteiger partial charge on any atom is -0.444 e. The van der Waals surface area contributed by atoms with E-state index < -0.39 is 17.1 Å². The highest BCUT2D eigenvalue weighted by Gasteiger charge is 2.49. The van der Waals surface area contributed by atoms with Gasteiger partial charge < -0.3 is 20.1 Å². The Hall–Kier alpha value is -1.30. The van der Waals surface area contributed by atoms with Crippen molar-refractivity contribution < 1.29 is 19.4 Å². The summed E-state index contributed by atoms with van der Waals surface area (Å²) >= 11 is 0. The van der Waals surface area contributed by atoms with Crippen molar-refractivity contribution in [3.63, 3.8) is 0 Å². The maximum atomic E-state index is 11.9. The summed E-state index contributed by atoms with van der Waals surface area (Å²) in [6.45, 7) is 7.02. The fourth-order valence-corrected chi connectivity index (χ4v) is 2.65. The first-order chi connectivity index (χ1) is 8.73. The molecule has 1 unspecified atom stereocenters. The van der Waals surface area contributed by atoms with Gasteiger partial charge in [0.2, 0.25) is 5.91 Å². The first-order valence-corrected chi connectivity index (χ1v) is 6.67. The molecule has 2 aliphatic rings. The second-order valence-electron chi connectivity index (χ2n) is 6.45. The van der Waals surface area contributed by atoms with E-state index in [1.165, 1.54) is 0 Å². The second kappa shape index (κ2) is 4.67. The lowest BCUT2D eigenvalue weighted by molar-refractivity contribution is -0.130. The van der Waals surface area contributed by atoms with Gasteiger partial charge in [-0.2, -0.15) is 0 Å². The van der Waals surface area contributed by atoms with Crippen LogP contribution in [0.25, 0.3) is 0 Å². The number of nitrogens with zero attached hydrogens (tertiary/aromatic N) is 1. The van der Waals surface area contributed by atoms with Crippen LogP contribution in [0, 0.1) is 5.41 Å². The first kappa shape index (κ1) is 14.1. The summed E-state index contributed by atoms with van der Waals surface area (Å²) in [4.78, 5) is 25.0. The molecule has 6 heteroatoms. The normalized spacial score (nSPS) is 26.4. The van der Waals surface area contributed by atoms with Crippen LogP contribution in [-0.2, 0) is 9.53 Å². The monoisotopic (exact) mass is 270 g/mol. The number of aliphatic hydroxyl groups is 1. The molecule has 0 aromatic carbocycles. The van der Waals surface area contributed by atoms with Crippen LogP contribution >= 0.6 is 0 Å². The molecule has 1 spiro atoms. The molecule has 0 saturated carbocycles. The van der Waals surface area contributed by atoms with E-state index in [0.29, 0.717) is 32.5 Å². The molecule has 6 nitrogen and oxygen atoms in total. The summed E-state index contributed by atoms with van der Waals surface area (Å²) in [5.74, 6) is -0.300. The predicted octanol–water partition coefficient (Wildman–Crippen LogP) is 0.494. The number of hydrogen-bond acceptors (Lipinski definition) is 4. The van der Waals surface area contributed by atoms with Gasteiger partial charge in [0, 0.05) is 25.0 Å². The maximum Gasteiger partial charge on any atom is 0.410 e. The summed E-state index contributed by atoms with van der Waals surface area (Å²) in [5.41, 5.74) is -0.911. The number of likely N-dealkylation sites (tertiary alicyclic amines) is 1. The van der Waals surface area contributed by atoms with Crippen molar-refractivity contribution in [3.05, 3.63) is 0 Å². The Kier molecular flexibility index (Phi) is 3.47. The second-order valence-corrected chi connectivity index (χ2v) is 6.45. The van der Waals surface area contributed by atoms with E-state index in [-0.39, 0.29) is 12.0 Å². The van der Waals surface area contributed by atoms with Crippen molar-refractivity contribution in [3.8, 4) is 0 Å². The van der Waals surface area contributed by atoms with Crippen molar-refractivity contribution in [2.75, 3.05) is 19.6 Å². The number of carbonyl (C=O) groups excluding carboxylic acids is 2. The van der Waals surface area contributed by atoms with Crippen molar-refractivity contribution in [2.24, 2.45) is 5.41 Å². The number of piperidine rings is 1. The highest BCUT2D eigenvalue weighted by molar-refractivity contribution is 5.84. The number of amides is 2. The molecular formula is C13H22N2O4. The molecule has 0 radical (unpaired) electrons. The van der Waals surface area contributed by atoms with E-state index in [1.54, 1.807) is 4.90 Å². The molecule has 2 heterocycles. The summed E-state index contributed by atoms with van der Waals surface area (Å²) in [5, 5.41) is 12.6. The van der Waals surface area contributed by atoms with Gasteiger partial charge >= 0.3 is 6.09 Å². The summed E-state index contributed by atoms with van der Waals surface area (Å²) in [6.07, 6.45) is -0.0411. The van der Waals surface area contributed by atoms with Crippen molar-refractivity contribution in [2.45, 2.75) is 45.3 Å². The summed E-state index contributed by atoms with van der Waals surface area (Å²) in [6, 6.07) is 0. The maximum absolute atomic E-state index is 11.9. The quantitative estimate of drug-likeness (QED) is 0.671. The Balaban J connectivity index is 1.93. The molecule has 2 aliphatic heterocycles. The van der Waals surface area contributed by atoms with E-state index in [2.05, 4.69) is 5.32 Å². The zero-order valence-corrected chi connectivity index (χ0v) is 11.7. The van der Waals surface area contributed by atoms with Gasteiger partial charge in [-0.05, 0) is 33.6 Å². The molecular weight excluding hydrogens is 248 g/mol. The first-order valence-electron chi connectivity index (χ1n) is 6.67. The van der Waals surface area contributed by atoms with E-state index in [0.717, 1.165) is 0 Å². The van der Waals surface area contributed by atoms with Crippen LogP contribution in [0.15, 0.2) is 0 Å². The zero-order valence-electron chi connectivity index (χ0n) is 11.7. The van der Waals surface area contributed by atoms with Gasteiger partial charge in [-0.25, -0.2) is 4.79 Å². The van der Waals surface area contributed by atoms with Crippen molar-refractivity contribution in [1.82, 2.24) is 10.2 Å². The Bertz CT molecular complexity index is 381. The number of nitrogens with one attached hydrogen (secondary N) is 1. The van der Waals surface area contributed by atoms with E-state index >= 15 is 0 Å². The zero-order chi connectivity index (χ0) is 14.3. The molecule has 0 aromatic heterocycles. The minimum atomic E-state index is -0.951. The van der Waals surface area contributed by atoms with Crippen LogP contribution in [0.3, 0.4) is 0 Å². The van der Waals surface area contributed by atoms with Crippen LogP contribution in [0.2, 0.25) is 0 Å². The topological polar surface area (TPSA) is 78.9 Å². The number of hydrogen-bond donors (Lipinski definition) is 2. The van der Waals surface area contributed by atoms with Crippen LogP contribution in [0.4, 0.5) is 4.79 Å². The number of ether oxygens (including phenoxy) is 1. The molecule has 19 heavy (non-hydrogen) atoms. The lowest BCUT2D eigenvalue weighted by Crippen LogP contribution is -2.49. The fraction of sp³-hybridized carbons (Fsp3) is 0.846. The Morgan fingerprint density at radius 2 is 2.00 bits per heavy atom. The summed E-state index contributed by atoms with van der Waals surface area (Å²) in [7, 11) is 0. The molecule has 2 saturated heterocycles. The number of carbonyl (C=O) groups is 2. The van der Waals surface area contributed by atoms with Gasteiger partial charge in [0.25, 0.3) is 0 Å². The fourth-order valence-electron chi connectivity index (χ4n) is 2.65. The van der Waals surface area contributed by atoms with E-state index in [9.17, 15) is 14.7 Å². The van der Waals surface area contributed by atoms with Crippen molar-refractivity contribution >= 4 is 12.0 Å². The molecule has 108 valence electrons. The van der Waals surface area contributed by atoms with Crippen LogP contribution < -0.4 is 5.32 Å². The SMILES string of the molecule is CC(C)(C)OC(=O)N1CCC2(CC1)CNC(=O)C2O. The Labute approximate surface area is 113 Å². The van der Waals surface area contributed by atoms with Crippen LogP contribution in [-0.4, -0.2) is 53.3 Å². The lowest BCUT2D eigenvalue weighted by atomic mass is 9.76. The molecule has 2 fully saturated rings. The van der Waals surface area contributed by atoms with Crippen molar-refractivity contribution in [1.29, 1.82) is 0 Å². The molecule has 1 atom stereocenters. The average Bonchev–Trinajstić information content (AvgIpc) is 2.57. The van der Waals surface area contributed by atoms with E-state index in [1.807, 2.05) is 20.8 Å². The smallest absolute Gasteiger partial charge is 0.410 e. The van der Waals surface area contributed by atoms with Gasteiger partial charge in [-0.1, -0.05) is 0 Å². The molecule has 2 rings (SSSR count). The van der Waals surface area contributed by atoms with Crippen LogP contribution in [0.5, 0.6) is 0 Å².